The maximum absolute atomic E-state index is 11.1. The molecule has 0 bridgehead atoms. The molecule has 2 N–H and O–H groups in total. The lowest BCUT2D eigenvalue weighted by atomic mass is 10.1. The van der Waals surface area contributed by atoms with Gasteiger partial charge in [0.15, 0.2) is 0 Å². The van der Waals surface area contributed by atoms with Crippen molar-refractivity contribution in [2.24, 2.45) is 5.92 Å². The second-order valence-electron chi connectivity index (χ2n) is 6.21. The van der Waals surface area contributed by atoms with Crippen LogP contribution in [0.15, 0.2) is 60.7 Å². The number of carboxylic acid groups (broad SMARTS) is 1. The van der Waals surface area contributed by atoms with Crippen LogP contribution in [0.5, 0.6) is 5.75 Å². The molecule has 0 unspecified atom stereocenters. The molecule has 132 valence electrons. The number of benzene rings is 2. The van der Waals surface area contributed by atoms with Gasteiger partial charge in [-0.25, -0.2) is 0 Å². The Hall–Kier alpha value is -2.59. The summed E-state index contributed by atoms with van der Waals surface area (Å²) in [6, 6.07) is 17.3. The zero-order valence-electron chi connectivity index (χ0n) is 14.7. The summed E-state index contributed by atoms with van der Waals surface area (Å²) in [6.45, 7) is 4.85. The van der Waals surface area contributed by atoms with Crippen LogP contribution in [0, 0.1) is 5.92 Å². The van der Waals surface area contributed by atoms with Crippen LogP contribution < -0.4 is 10.1 Å². The van der Waals surface area contributed by atoms with E-state index in [9.17, 15) is 4.79 Å². The zero-order chi connectivity index (χ0) is 18.1. The summed E-state index contributed by atoms with van der Waals surface area (Å²) in [4.78, 5) is 11.1. The second-order valence-corrected chi connectivity index (χ2v) is 6.21. The molecule has 2 rings (SSSR count). The van der Waals surface area contributed by atoms with Crippen molar-refractivity contribution in [3.63, 3.8) is 0 Å². The van der Waals surface area contributed by atoms with Crippen LogP contribution in [0.4, 0.5) is 0 Å². The minimum atomic E-state index is -0.816. The molecule has 0 spiro atoms. The Kier molecular flexibility index (Phi) is 7.23. The first-order chi connectivity index (χ1) is 12.1. The van der Waals surface area contributed by atoms with E-state index in [2.05, 4.69) is 5.32 Å². The molecule has 4 heteroatoms. The predicted octanol–water partition coefficient (Wildman–Crippen LogP) is 3.98. The molecular weight excluding hydrogens is 314 g/mol. The van der Waals surface area contributed by atoms with Gasteiger partial charge in [-0.15, -0.1) is 0 Å². The van der Waals surface area contributed by atoms with Gasteiger partial charge in [-0.1, -0.05) is 68.5 Å². The van der Waals surface area contributed by atoms with Crippen LogP contribution in [0.2, 0.25) is 0 Å². The van der Waals surface area contributed by atoms with Crippen molar-refractivity contribution in [3.05, 3.63) is 71.8 Å². The summed E-state index contributed by atoms with van der Waals surface area (Å²) in [7, 11) is 0. The van der Waals surface area contributed by atoms with Crippen molar-refractivity contribution in [3.8, 4) is 5.75 Å². The molecule has 0 fully saturated rings. The van der Waals surface area contributed by atoms with Gasteiger partial charge in [-0.05, 0) is 29.2 Å². The third-order valence-corrected chi connectivity index (χ3v) is 3.83. The lowest BCUT2D eigenvalue weighted by Gasteiger charge is -2.16. The van der Waals surface area contributed by atoms with Crippen molar-refractivity contribution >= 4 is 12.0 Å². The van der Waals surface area contributed by atoms with Gasteiger partial charge in [0.05, 0.1) is 0 Å². The first-order valence-corrected chi connectivity index (χ1v) is 8.46. The smallest absolute Gasteiger partial charge is 0.320 e. The number of rotatable bonds is 9. The Balaban J connectivity index is 1.80. The van der Waals surface area contributed by atoms with E-state index in [1.54, 1.807) is 0 Å². The lowest BCUT2D eigenvalue weighted by Crippen LogP contribution is -2.40. The van der Waals surface area contributed by atoms with Crippen LogP contribution in [0.25, 0.3) is 6.08 Å². The molecule has 2 aromatic rings. The Labute approximate surface area is 149 Å². The fraction of sp³-hybridized carbons (Fsp3) is 0.286. The van der Waals surface area contributed by atoms with Gasteiger partial charge in [-0.2, -0.15) is 0 Å². The lowest BCUT2D eigenvalue weighted by molar-refractivity contribution is -0.140. The van der Waals surface area contributed by atoms with Crippen LogP contribution in [0.3, 0.4) is 0 Å². The van der Waals surface area contributed by atoms with Crippen molar-refractivity contribution in [2.75, 3.05) is 6.54 Å². The average molecular weight is 339 g/mol. The quantitative estimate of drug-likeness (QED) is 0.725. The fourth-order valence-electron chi connectivity index (χ4n) is 2.41. The molecule has 25 heavy (non-hydrogen) atoms. The second kappa shape index (κ2) is 9.64. The first-order valence-electron chi connectivity index (χ1n) is 8.46. The highest BCUT2D eigenvalue weighted by molar-refractivity contribution is 5.73. The fourth-order valence-corrected chi connectivity index (χ4v) is 2.41. The summed E-state index contributed by atoms with van der Waals surface area (Å²) in [6.07, 6.45) is 3.89. The first kappa shape index (κ1) is 18.7. The number of aliphatic carboxylic acids is 1. The van der Waals surface area contributed by atoms with Crippen molar-refractivity contribution < 1.29 is 14.6 Å². The molecule has 0 heterocycles. The Morgan fingerprint density at radius 2 is 1.80 bits per heavy atom. The number of carboxylic acids is 1. The average Bonchev–Trinajstić information content (AvgIpc) is 2.61. The maximum Gasteiger partial charge on any atom is 0.320 e. The van der Waals surface area contributed by atoms with E-state index in [-0.39, 0.29) is 5.92 Å². The third kappa shape index (κ3) is 6.43. The van der Waals surface area contributed by atoms with E-state index >= 15 is 0 Å². The van der Waals surface area contributed by atoms with Crippen LogP contribution in [-0.4, -0.2) is 23.7 Å². The van der Waals surface area contributed by atoms with Gasteiger partial charge in [0.2, 0.25) is 0 Å². The molecule has 0 aliphatic rings. The number of hydrogen-bond donors (Lipinski definition) is 2. The molecule has 0 aromatic heterocycles. The predicted molar refractivity (Wildman–Crippen MR) is 101 cm³/mol. The highest BCUT2D eigenvalue weighted by atomic mass is 16.5. The number of hydrogen-bond acceptors (Lipinski definition) is 3. The highest BCUT2D eigenvalue weighted by Gasteiger charge is 2.19. The van der Waals surface area contributed by atoms with E-state index in [1.165, 1.54) is 0 Å². The molecular formula is C21H25NO3. The van der Waals surface area contributed by atoms with Crippen LogP contribution >= 0.6 is 0 Å². The third-order valence-electron chi connectivity index (χ3n) is 3.83. The molecule has 0 saturated carbocycles. The van der Waals surface area contributed by atoms with Gasteiger partial charge in [0.1, 0.15) is 18.4 Å². The Morgan fingerprint density at radius 3 is 2.40 bits per heavy atom. The number of nitrogens with one attached hydrogen (secondary N) is 1. The molecule has 1 atom stereocenters. The monoisotopic (exact) mass is 339 g/mol. The van der Waals surface area contributed by atoms with Gasteiger partial charge in [0.25, 0.3) is 0 Å². The summed E-state index contributed by atoms with van der Waals surface area (Å²) in [5.41, 5.74) is 2.18. The van der Waals surface area contributed by atoms with E-state index < -0.39 is 12.0 Å². The largest absolute Gasteiger partial charge is 0.489 e. The van der Waals surface area contributed by atoms with Gasteiger partial charge in [0, 0.05) is 6.54 Å². The minimum absolute atomic E-state index is 0.0481. The van der Waals surface area contributed by atoms with Crippen LogP contribution in [-0.2, 0) is 11.4 Å². The molecule has 0 aliphatic carbocycles. The van der Waals surface area contributed by atoms with Gasteiger partial charge < -0.3 is 15.2 Å². The summed E-state index contributed by atoms with van der Waals surface area (Å²) in [5, 5.41) is 12.2. The van der Waals surface area contributed by atoms with Gasteiger partial charge in [-0.3, -0.25) is 4.79 Å². The molecule has 0 saturated heterocycles. The van der Waals surface area contributed by atoms with E-state index in [0.717, 1.165) is 16.9 Å². The Bertz CT molecular complexity index is 678. The molecule has 0 radical (unpaired) electrons. The van der Waals surface area contributed by atoms with Gasteiger partial charge >= 0.3 is 5.97 Å². The van der Waals surface area contributed by atoms with E-state index in [0.29, 0.717) is 13.2 Å². The standard InChI is InChI=1S/C21H25NO3/c1-16(2)20(21(23)24)22-14-6-9-17-10-12-19(13-11-17)25-15-18-7-4-3-5-8-18/h3-13,16,20,22H,14-15H2,1-2H3,(H,23,24)/b9-6+/t20-/m1/s1. The summed E-state index contributed by atoms with van der Waals surface area (Å²) < 4.78 is 5.76. The SMILES string of the molecule is CC(C)[C@@H](NC/C=C/c1ccc(OCc2ccccc2)cc1)C(=O)O. The van der Waals surface area contributed by atoms with Crippen molar-refractivity contribution in [2.45, 2.75) is 26.5 Å². The number of carbonyl (C=O) groups is 1. The Morgan fingerprint density at radius 1 is 1.12 bits per heavy atom. The van der Waals surface area contributed by atoms with E-state index in [4.69, 9.17) is 9.84 Å². The topological polar surface area (TPSA) is 58.6 Å². The van der Waals surface area contributed by atoms with Crippen molar-refractivity contribution in [1.29, 1.82) is 0 Å². The van der Waals surface area contributed by atoms with E-state index in [1.807, 2.05) is 80.6 Å². The molecule has 4 nitrogen and oxygen atoms in total. The highest BCUT2D eigenvalue weighted by Crippen LogP contribution is 2.15. The molecule has 0 aliphatic heterocycles. The summed E-state index contributed by atoms with van der Waals surface area (Å²) in [5.74, 6) is 0.0557. The summed E-state index contributed by atoms with van der Waals surface area (Å²) >= 11 is 0. The molecule has 0 amide bonds. The maximum atomic E-state index is 11.1. The zero-order valence-corrected chi connectivity index (χ0v) is 14.7. The normalized spacial score (nSPS) is 12.4. The van der Waals surface area contributed by atoms with Crippen molar-refractivity contribution in [1.82, 2.24) is 5.32 Å². The molecule has 2 aromatic carbocycles. The number of ether oxygens (including phenoxy) is 1. The minimum Gasteiger partial charge on any atom is -0.489 e. The van der Waals surface area contributed by atoms with Crippen LogP contribution in [0.1, 0.15) is 25.0 Å².